The first-order chi connectivity index (χ1) is 13.3. The molecule has 0 amide bonds. The molecule has 1 aliphatic rings. The maximum Gasteiger partial charge on any atom is 0.141 e. The zero-order valence-corrected chi connectivity index (χ0v) is 14.9. The molecule has 134 valence electrons. The molecule has 2 N–H and O–H groups in total. The molecule has 1 saturated carbocycles. The van der Waals surface area contributed by atoms with Gasteiger partial charge >= 0.3 is 0 Å². The first-order valence-electron chi connectivity index (χ1n) is 9.05. The summed E-state index contributed by atoms with van der Waals surface area (Å²) in [7, 11) is 0. The van der Waals surface area contributed by atoms with Crippen molar-refractivity contribution in [1.82, 2.24) is 14.4 Å². The van der Waals surface area contributed by atoms with Crippen LogP contribution < -0.4 is 5.73 Å². The summed E-state index contributed by atoms with van der Waals surface area (Å²) in [6.07, 6.45) is 12.7. The second-order valence-corrected chi connectivity index (χ2v) is 6.70. The van der Waals surface area contributed by atoms with Crippen molar-refractivity contribution in [3.05, 3.63) is 60.3 Å². The Labute approximate surface area is 157 Å². The normalized spacial score (nSPS) is 14.7. The molecule has 0 atom stereocenters. The Kier molecular flexibility index (Phi) is 4.67. The number of allylic oxidation sites excluding steroid dienone is 1. The van der Waals surface area contributed by atoms with E-state index in [9.17, 15) is 5.26 Å². The number of nitriles is 1. The van der Waals surface area contributed by atoms with E-state index >= 15 is 0 Å². The molecule has 3 aromatic rings. The van der Waals surface area contributed by atoms with Gasteiger partial charge in [0.05, 0.1) is 5.69 Å². The summed E-state index contributed by atoms with van der Waals surface area (Å²) < 4.78 is 1.93. The van der Waals surface area contributed by atoms with Crippen molar-refractivity contribution >= 4 is 17.4 Å². The summed E-state index contributed by atoms with van der Waals surface area (Å²) in [5.74, 6) is 0.848. The van der Waals surface area contributed by atoms with Gasteiger partial charge in [-0.05, 0) is 36.6 Å². The standard InChI is InChI=1S/C21H20N6/c22-12-17(14-24-7-5-15-1-2-15)19-4-3-18(13-23)26-21(19)16-6-9-27-10-8-25-20(27)11-16/h3-4,6,8-12,14-15H,1-2,5,7,22H2. The number of fused-ring (bicyclic) bond motifs is 1. The zero-order chi connectivity index (χ0) is 18.6. The minimum atomic E-state index is 0.360. The van der Waals surface area contributed by atoms with Crippen LogP contribution in [0.1, 0.15) is 30.5 Å². The van der Waals surface area contributed by atoms with E-state index < -0.39 is 0 Å². The zero-order valence-electron chi connectivity index (χ0n) is 14.9. The van der Waals surface area contributed by atoms with Gasteiger partial charge in [-0.1, -0.05) is 12.8 Å². The van der Waals surface area contributed by atoms with Gasteiger partial charge in [-0.25, -0.2) is 9.97 Å². The van der Waals surface area contributed by atoms with Crippen LogP contribution in [0, 0.1) is 17.2 Å². The van der Waals surface area contributed by atoms with Crippen LogP contribution in [0.3, 0.4) is 0 Å². The van der Waals surface area contributed by atoms with Gasteiger partial charge in [0.25, 0.3) is 0 Å². The number of aromatic nitrogens is 3. The molecule has 1 aliphatic carbocycles. The SMILES string of the molecule is N#Cc1ccc(C(C=NCCC2CC2)=CN)c(-c2ccn3ccnc3c2)n1. The first-order valence-corrected chi connectivity index (χ1v) is 9.05. The number of hydrogen-bond acceptors (Lipinski definition) is 5. The van der Waals surface area contributed by atoms with Gasteiger partial charge in [0.1, 0.15) is 17.4 Å². The molecule has 0 aromatic carbocycles. The van der Waals surface area contributed by atoms with Crippen molar-refractivity contribution in [3.63, 3.8) is 0 Å². The Morgan fingerprint density at radius 3 is 3.00 bits per heavy atom. The quantitative estimate of drug-likeness (QED) is 0.685. The van der Waals surface area contributed by atoms with Crippen molar-refractivity contribution in [2.24, 2.45) is 16.6 Å². The van der Waals surface area contributed by atoms with E-state index in [-0.39, 0.29) is 0 Å². The lowest BCUT2D eigenvalue weighted by molar-refractivity contribution is 0.742. The fourth-order valence-corrected chi connectivity index (χ4v) is 3.06. The van der Waals surface area contributed by atoms with E-state index in [4.69, 9.17) is 5.73 Å². The monoisotopic (exact) mass is 356 g/mol. The highest BCUT2D eigenvalue weighted by Gasteiger charge is 2.20. The minimum absolute atomic E-state index is 0.360. The van der Waals surface area contributed by atoms with E-state index in [1.165, 1.54) is 12.8 Å². The van der Waals surface area contributed by atoms with Crippen molar-refractivity contribution in [2.75, 3.05) is 6.54 Å². The second-order valence-electron chi connectivity index (χ2n) is 6.70. The Bertz CT molecular complexity index is 1070. The third-order valence-electron chi connectivity index (χ3n) is 4.77. The third-order valence-corrected chi connectivity index (χ3v) is 4.77. The van der Waals surface area contributed by atoms with Crippen molar-refractivity contribution in [3.8, 4) is 17.3 Å². The molecule has 3 aromatic heterocycles. The van der Waals surface area contributed by atoms with E-state index in [1.807, 2.05) is 41.2 Å². The summed E-state index contributed by atoms with van der Waals surface area (Å²) in [6, 6.07) is 9.60. The molecule has 0 saturated heterocycles. The lowest BCUT2D eigenvalue weighted by Crippen LogP contribution is -2.00. The fraction of sp³-hybridized carbons (Fsp3) is 0.238. The molecule has 27 heavy (non-hydrogen) atoms. The summed E-state index contributed by atoms with van der Waals surface area (Å²) in [5, 5.41) is 9.27. The van der Waals surface area contributed by atoms with Crippen LogP contribution in [-0.2, 0) is 0 Å². The molecular weight excluding hydrogens is 336 g/mol. The van der Waals surface area contributed by atoms with E-state index in [2.05, 4.69) is 21.0 Å². The van der Waals surface area contributed by atoms with E-state index in [0.717, 1.165) is 41.2 Å². The average Bonchev–Trinajstić information content (AvgIpc) is 3.42. The molecule has 0 aliphatic heterocycles. The van der Waals surface area contributed by atoms with E-state index in [1.54, 1.807) is 18.5 Å². The Hall–Kier alpha value is -3.46. The summed E-state index contributed by atoms with van der Waals surface area (Å²) in [4.78, 5) is 13.4. The molecular formula is C21H20N6. The van der Waals surface area contributed by atoms with Gasteiger partial charge < -0.3 is 10.1 Å². The molecule has 6 nitrogen and oxygen atoms in total. The predicted octanol–water partition coefficient (Wildman–Crippen LogP) is 3.44. The number of nitrogens with zero attached hydrogens (tertiary/aromatic N) is 5. The summed E-state index contributed by atoms with van der Waals surface area (Å²) in [5.41, 5.74) is 10.3. The number of aliphatic imine (C=N–C) groups is 1. The Morgan fingerprint density at radius 1 is 1.33 bits per heavy atom. The average molecular weight is 356 g/mol. The van der Waals surface area contributed by atoms with Gasteiger partial charge in [0, 0.05) is 54.2 Å². The number of pyridine rings is 2. The third kappa shape index (κ3) is 3.72. The smallest absolute Gasteiger partial charge is 0.141 e. The molecule has 0 radical (unpaired) electrons. The molecule has 0 bridgehead atoms. The van der Waals surface area contributed by atoms with Gasteiger partial charge in [0.15, 0.2) is 0 Å². The highest BCUT2D eigenvalue weighted by Crippen LogP contribution is 2.32. The second kappa shape index (κ2) is 7.42. The molecule has 0 unspecified atom stereocenters. The Morgan fingerprint density at radius 2 is 2.22 bits per heavy atom. The molecule has 1 fully saturated rings. The lowest BCUT2D eigenvalue weighted by atomic mass is 10.0. The lowest BCUT2D eigenvalue weighted by Gasteiger charge is -2.10. The highest BCUT2D eigenvalue weighted by molar-refractivity contribution is 6.11. The fourth-order valence-electron chi connectivity index (χ4n) is 3.06. The summed E-state index contributed by atoms with van der Waals surface area (Å²) >= 11 is 0. The van der Waals surface area contributed by atoms with Gasteiger partial charge in [0.2, 0.25) is 0 Å². The molecule has 0 spiro atoms. The van der Waals surface area contributed by atoms with Crippen LogP contribution in [0.5, 0.6) is 0 Å². The van der Waals surface area contributed by atoms with Crippen LogP contribution in [0.4, 0.5) is 0 Å². The van der Waals surface area contributed by atoms with Crippen LogP contribution in [0.2, 0.25) is 0 Å². The topological polar surface area (TPSA) is 92.4 Å². The Balaban J connectivity index is 1.71. The number of hydrogen-bond donors (Lipinski definition) is 1. The van der Waals surface area contributed by atoms with Crippen LogP contribution in [0.15, 0.2) is 54.0 Å². The summed E-state index contributed by atoms with van der Waals surface area (Å²) in [6.45, 7) is 0.807. The van der Waals surface area contributed by atoms with Gasteiger partial charge in [-0.3, -0.25) is 4.99 Å². The molecule has 3 heterocycles. The first kappa shape index (κ1) is 17.0. The number of nitrogens with two attached hydrogens (primary N) is 1. The highest BCUT2D eigenvalue weighted by atomic mass is 15.0. The van der Waals surface area contributed by atoms with Crippen LogP contribution >= 0.6 is 0 Å². The number of imidazole rings is 1. The van der Waals surface area contributed by atoms with E-state index in [0.29, 0.717) is 11.4 Å². The van der Waals surface area contributed by atoms with Gasteiger partial charge in [-0.2, -0.15) is 5.26 Å². The maximum atomic E-state index is 9.27. The predicted molar refractivity (Wildman–Crippen MR) is 106 cm³/mol. The van der Waals surface area contributed by atoms with Crippen molar-refractivity contribution < 1.29 is 0 Å². The van der Waals surface area contributed by atoms with Crippen LogP contribution in [0.25, 0.3) is 22.5 Å². The van der Waals surface area contributed by atoms with Crippen LogP contribution in [-0.4, -0.2) is 27.1 Å². The minimum Gasteiger partial charge on any atom is -0.404 e. The molecule has 4 rings (SSSR count). The van der Waals surface area contributed by atoms with Gasteiger partial charge in [-0.15, -0.1) is 0 Å². The molecule has 6 heteroatoms. The largest absolute Gasteiger partial charge is 0.404 e. The van der Waals surface area contributed by atoms with Crippen molar-refractivity contribution in [1.29, 1.82) is 5.26 Å². The number of rotatable bonds is 6. The van der Waals surface area contributed by atoms with Crippen molar-refractivity contribution in [2.45, 2.75) is 19.3 Å². The maximum absolute atomic E-state index is 9.27.